The highest BCUT2D eigenvalue weighted by atomic mass is 19.1. The summed E-state index contributed by atoms with van der Waals surface area (Å²) in [5, 5.41) is 8.29. The molecule has 1 aromatic carbocycles. The zero-order valence-corrected chi connectivity index (χ0v) is 13.6. The summed E-state index contributed by atoms with van der Waals surface area (Å²) in [6.45, 7) is 4.05. The smallest absolute Gasteiger partial charge is 0.228 e. The largest absolute Gasteiger partial charge is 0.444 e. The summed E-state index contributed by atoms with van der Waals surface area (Å²) in [5.74, 6) is 0.238. The predicted molar refractivity (Wildman–Crippen MR) is 87.9 cm³/mol. The molecular weight excluding hydrogens is 326 g/mol. The number of hydrogen-bond acceptors (Lipinski definition) is 4. The van der Waals surface area contributed by atoms with Gasteiger partial charge in [-0.1, -0.05) is 13.8 Å². The van der Waals surface area contributed by atoms with Crippen molar-refractivity contribution in [3.63, 3.8) is 0 Å². The van der Waals surface area contributed by atoms with Crippen molar-refractivity contribution >= 4 is 5.65 Å². The second-order valence-corrected chi connectivity index (χ2v) is 6.02. The van der Waals surface area contributed by atoms with Crippen LogP contribution in [0.25, 0.3) is 28.4 Å². The van der Waals surface area contributed by atoms with E-state index in [0.717, 1.165) is 29.7 Å². The second-order valence-electron chi connectivity index (χ2n) is 6.02. The molecule has 4 rings (SSSR count). The van der Waals surface area contributed by atoms with Crippen LogP contribution in [-0.2, 0) is 0 Å². The van der Waals surface area contributed by atoms with Crippen LogP contribution in [0.1, 0.15) is 25.6 Å². The Hall–Kier alpha value is -3.09. The molecule has 7 heteroatoms. The van der Waals surface area contributed by atoms with E-state index in [1.165, 1.54) is 6.26 Å². The second kappa shape index (κ2) is 5.77. The summed E-state index contributed by atoms with van der Waals surface area (Å²) < 4.78 is 34.6. The molecule has 0 amide bonds. The number of oxazole rings is 1. The topological polar surface area (TPSA) is 56.2 Å². The molecule has 4 aromatic rings. The Morgan fingerprint density at radius 1 is 1.08 bits per heavy atom. The monoisotopic (exact) mass is 340 g/mol. The molecular formula is C18H14F2N4O. The van der Waals surface area contributed by atoms with Crippen LogP contribution >= 0.6 is 0 Å². The van der Waals surface area contributed by atoms with Crippen molar-refractivity contribution in [1.82, 2.24) is 19.6 Å². The maximum Gasteiger partial charge on any atom is 0.228 e. The van der Waals surface area contributed by atoms with Crippen LogP contribution in [0.4, 0.5) is 8.78 Å². The third kappa shape index (κ3) is 2.67. The highest BCUT2D eigenvalue weighted by molar-refractivity contribution is 5.64. The molecule has 0 aliphatic carbocycles. The minimum Gasteiger partial charge on any atom is -0.444 e. The lowest BCUT2D eigenvalue weighted by Crippen LogP contribution is -1.97. The van der Waals surface area contributed by atoms with Gasteiger partial charge in [-0.25, -0.2) is 13.8 Å². The van der Waals surface area contributed by atoms with E-state index in [0.29, 0.717) is 11.5 Å². The Bertz CT molecular complexity index is 1070. The highest BCUT2D eigenvalue weighted by Gasteiger charge is 2.15. The average Bonchev–Trinajstić information content (AvgIpc) is 3.23. The first-order chi connectivity index (χ1) is 12.0. The van der Waals surface area contributed by atoms with Gasteiger partial charge < -0.3 is 4.42 Å². The Morgan fingerprint density at radius 2 is 1.92 bits per heavy atom. The van der Waals surface area contributed by atoms with Gasteiger partial charge in [0.05, 0.1) is 5.56 Å². The lowest BCUT2D eigenvalue weighted by atomic mass is 10.1. The first-order valence-corrected chi connectivity index (χ1v) is 7.79. The molecule has 3 heterocycles. The number of fused-ring (bicyclic) bond motifs is 1. The molecule has 3 aromatic heterocycles. The van der Waals surface area contributed by atoms with Crippen molar-refractivity contribution in [1.29, 1.82) is 0 Å². The van der Waals surface area contributed by atoms with Gasteiger partial charge in [0.1, 0.15) is 29.4 Å². The van der Waals surface area contributed by atoms with Crippen molar-refractivity contribution < 1.29 is 13.2 Å². The first kappa shape index (κ1) is 15.4. The van der Waals surface area contributed by atoms with Crippen LogP contribution in [0.3, 0.4) is 0 Å². The van der Waals surface area contributed by atoms with Crippen LogP contribution in [0.2, 0.25) is 0 Å². The van der Waals surface area contributed by atoms with E-state index in [1.54, 1.807) is 12.1 Å². The van der Waals surface area contributed by atoms with Crippen LogP contribution in [0.5, 0.6) is 0 Å². The zero-order valence-electron chi connectivity index (χ0n) is 13.6. The fourth-order valence-electron chi connectivity index (χ4n) is 2.65. The number of hydrogen-bond donors (Lipinski definition) is 0. The Balaban J connectivity index is 1.78. The fourth-order valence-corrected chi connectivity index (χ4v) is 2.65. The molecule has 0 atom stereocenters. The normalized spacial score (nSPS) is 11.6. The molecule has 0 N–H and O–H groups in total. The van der Waals surface area contributed by atoms with E-state index >= 15 is 0 Å². The SMILES string of the molecule is CC(C)c1nnc2ccc(-c3nc(-c4cc(F)ccc4F)co3)cn12. The summed E-state index contributed by atoms with van der Waals surface area (Å²) in [6, 6.07) is 6.83. The van der Waals surface area contributed by atoms with Crippen LogP contribution in [0.15, 0.2) is 47.2 Å². The van der Waals surface area contributed by atoms with E-state index in [2.05, 4.69) is 15.2 Å². The molecule has 126 valence electrons. The van der Waals surface area contributed by atoms with Gasteiger partial charge in [0.15, 0.2) is 5.65 Å². The van der Waals surface area contributed by atoms with Gasteiger partial charge in [0.2, 0.25) is 5.89 Å². The number of aromatic nitrogens is 4. The quantitative estimate of drug-likeness (QED) is 0.553. The minimum atomic E-state index is -0.558. The van der Waals surface area contributed by atoms with Crippen molar-refractivity contribution in [2.24, 2.45) is 0 Å². The number of rotatable bonds is 3. The molecule has 0 aliphatic heterocycles. The zero-order chi connectivity index (χ0) is 17.6. The Morgan fingerprint density at radius 3 is 2.72 bits per heavy atom. The third-order valence-corrected chi connectivity index (χ3v) is 3.90. The molecule has 0 aliphatic rings. The molecule has 0 unspecified atom stereocenters. The molecule has 0 saturated heterocycles. The molecule has 0 radical (unpaired) electrons. The van der Waals surface area contributed by atoms with E-state index in [1.807, 2.05) is 24.4 Å². The van der Waals surface area contributed by atoms with Crippen molar-refractivity contribution in [3.05, 3.63) is 60.3 Å². The summed E-state index contributed by atoms with van der Waals surface area (Å²) in [5.41, 5.74) is 1.70. The molecule has 0 spiro atoms. The van der Waals surface area contributed by atoms with Crippen LogP contribution in [0, 0.1) is 11.6 Å². The standard InChI is InChI=1S/C18H14F2N4O/c1-10(2)17-23-22-16-6-3-11(8-24(16)17)18-21-15(9-25-18)13-7-12(19)4-5-14(13)20/h3-10H,1-2H3. The van der Waals surface area contributed by atoms with Gasteiger partial charge in [0.25, 0.3) is 0 Å². The van der Waals surface area contributed by atoms with Gasteiger partial charge in [-0.3, -0.25) is 4.40 Å². The lowest BCUT2D eigenvalue weighted by Gasteiger charge is -2.03. The van der Waals surface area contributed by atoms with E-state index < -0.39 is 11.6 Å². The fraction of sp³-hybridized carbons (Fsp3) is 0.167. The Kier molecular flexibility index (Phi) is 3.56. The van der Waals surface area contributed by atoms with Crippen molar-refractivity contribution in [2.75, 3.05) is 0 Å². The van der Waals surface area contributed by atoms with Gasteiger partial charge >= 0.3 is 0 Å². The number of nitrogens with zero attached hydrogens (tertiary/aromatic N) is 4. The average molecular weight is 340 g/mol. The van der Waals surface area contributed by atoms with E-state index in [4.69, 9.17) is 4.42 Å². The summed E-state index contributed by atoms with van der Waals surface area (Å²) in [7, 11) is 0. The van der Waals surface area contributed by atoms with Gasteiger partial charge in [-0.05, 0) is 30.3 Å². The lowest BCUT2D eigenvalue weighted by molar-refractivity contribution is 0.573. The summed E-state index contributed by atoms with van der Waals surface area (Å²) in [4.78, 5) is 4.29. The number of pyridine rings is 1. The van der Waals surface area contributed by atoms with Crippen molar-refractivity contribution in [3.8, 4) is 22.7 Å². The van der Waals surface area contributed by atoms with Crippen LogP contribution in [-0.4, -0.2) is 19.6 Å². The number of benzene rings is 1. The van der Waals surface area contributed by atoms with Gasteiger partial charge in [-0.2, -0.15) is 0 Å². The van der Waals surface area contributed by atoms with Gasteiger partial charge in [0, 0.05) is 17.7 Å². The Labute approximate surface area is 142 Å². The van der Waals surface area contributed by atoms with Gasteiger partial charge in [-0.15, -0.1) is 10.2 Å². The summed E-state index contributed by atoms with van der Waals surface area (Å²) >= 11 is 0. The number of halogens is 2. The van der Waals surface area contributed by atoms with Crippen molar-refractivity contribution in [2.45, 2.75) is 19.8 Å². The highest BCUT2D eigenvalue weighted by Crippen LogP contribution is 2.27. The molecule has 0 fully saturated rings. The molecule has 5 nitrogen and oxygen atoms in total. The minimum absolute atomic E-state index is 0.0586. The third-order valence-electron chi connectivity index (χ3n) is 3.90. The maximum atomic E-state index is 13.9. The maximum absolute atomic E-state index is 13.9. The van der Waals surface area contributed by atoms with E-state index in [-0.39, 0.29) is 17.2 Å². The summed E-state index contributed by atoms with van der Waals surface area (Å²) in [6.07, 6.45) is 3.13. The van der Waals surface area contributed by atoms with Crippen LogP contribution < -0.4 is 0 Å². The van der Waals surface area contributed by atoms with E-state index in [9.17, 15) is 8.78 Å². The molecule has 0 saturated carbocycles. The predicted octanol–water partition coefficient (Wildman–Crippen LogP) is 4.45. The molecule has 25 heavy (non-hydrogen) atoms. The first-order valence-electron chi connectivity index (χ1n) is 7.79. The molecule has 0 bridgehead atoms.